The molecule has 2 aromatic carbocycles. The molecule has 6 heteroatoms. The zero-order chi connectivity index (χ0) is 11.9. The Morgan fingerprint density at radius 2 is 1.62 bits per heavy atom. The van der Waals surface area contributed by atoms with E-state index in [-0.39, 0.29) is 15.3 Å². The van der Waals surface area contributed by atoms with E-state index in [1.807, 2.05) is 0 Å². The van der Waals surface area contributed by atoms with Crippen molar-refractivity contribution >= 4 is 44.1 Å². The molecule has 2 rings (SSSR count). The minimum Gasteiger partial charge on any atom is -0.282 e. The van der Waals surface area contributed by atoms with Gasteiger partial charge in [-0.2, -0.15) is 8.42 Å². The van der Waals surface area contributed by atoms with Crippen LogP contribution in [0.2, 0.25) is 10.0 Å². The second-order valence-electron chi connectivity index (χ2n) is 3.18. The van der Waals surface area contributed by atoms with Crippen LogP contribution in [0, 0.1) is 0 Å². The van der Waals surface area contributed by atoms with Crippen molar-refractivity contribution in [2.24, 2.45) is 0 Å². The molecule has 0 radical (unpaired) electrons. The van der Waals surface area contributed by atoms with E-state index < -0.39 is 10.1 Å². The fourth-order valence-corrected chi connectivity index (χ4v) is 2.78. The Bertz CT molecular complexity index is 665. The SMILES string of the molecule is O=S(=O)(O)c1cccc2c(Cl)ccc(Cl)c12. The summed E-state index contributed by atoms with van der Waals surface area (Å²) in [6.45, 7) is 0. The molecule has 1 N–H and O–H groups in total. The normalized spacial score (nSPS) is 11.9. The molecule has 0 saturated heterocycles. The van der Waals surface area contributed by atoms with Gasteiger partial charge in [0, 0.05) is 20.8 Å². The van der Waals surface area contributed by atoms with Gasteiger partial charge in [-0.15, -0.1) is 0 Å². The van der Waals surface area contributed by atoms with Crippen LogP contribution in [0.15, 0.2) is 35.2 Å². The van der Waals surface area contributed by atoms with Crippen LogP contribution in [0.4, 0.5) is 0 Å². The summed E-state index contributed by atoms with van der Waals surface area (Å²) in [7, 11) is -4.31. The van der Waals surface area contributed by atoms with Crippen LogP contribution in [0.3, 0.4) is 0 Å². The number of hydrogen-bond donors (Lipinski definition) is 1. The standard InChI is InChI=1S/C10H6Cl2O3S/c11-7-4-5-8(12)10-6(7)2-1-3-9(10)16(13,14)15/h1-5H,(H,13,14,15). The molecule has 84 valence electrons. The van der Waals surface area contributed by atoms with Crippen LogP contribution in [0.5, 0.6) is 0 Å². The van der Waals surface area contributed by atoms with Crippen LogP contribution in [-0.2, 0) is 10.1 Å². The second-order valence-corrected chi connectivity index (χ2v) is 5.39. The van der Waals surface area contributed by atoms with Crippen molar-refractivity contribution in [3.63, 3.8) is 0 Å². The molecule has 0 fully saturated rings. The molecular weight excluding hydrogens is 271 g/mol. The first-order chi connectivity index (χ1) is 7.41. The maximum absolute atomic E-state index is 11.2. The van der Waals surface area contributed by atoms with Crippen molar-refractivity contribution in [3.05, 3.63) is 40.4 Å². The molecule has 2 aromatic rings. The maximum Gasteiger partial charge on any atom is 0.295 e. The maximum atomic E-state index is 11.2. The van der Waals surface area contributed by atoms with Crippen molar-refractivity contribution < 1.29 is 13.0 Å². The van der Waals surface area contributed by atoms with Crippen molar-refractivity contribution in [2.75, 3.05) is 0 Å². The van der Waals surface area contributed by atoms with Gasteiger partial charge in [-0.1, -0.05) is 35.3 Å². The summed E-state index contributed by atoms with van der Waals surface area (Å²) in [6, 6.07) is 7.46. The first-order valence-electron chi connectivity index (χ1n) is 4.25. The van der Waals surface area contributed by atoms with Crippen molar-refractivity contribution in [3.8, 4) is 0 Å². The van der Waals surface area contributed by atoms with Gasteiger partial charge >= 0.3 is 0 Å². The molecule has 16 heavy (non-hydrogen) atoms. The van der Waals surface area contributed by atoms with Crippen molar-refractivity contribution in [1.29, 1.82) is 0 Å². The zero-order valence-electron chi connectivity index (χ0n) is 7.81. The summed E-state index contributed by atoms with van der Waals surface area (Å²) >= 11 is 11.8. The predicted molar refractivity (Wildman–Crippen MR) is 63.8 cm³/mol. The van der Waals surface area contributed by atoms with Gasteiger partial charge in [0.05, 0.1) is 0 Å². The van der Waals surface area contributed by atoms with Crippen LogP contribution < -0.4 is 0 Å². The Morgan fingerprint density at radius 1 is 1.00 bits per heavy atom. The molecule has 0 heterocycles. The molecule has 0 unspecified atom stereocenters. The highest BCUT2D eigenvalue weighted by Gasteiger charge is 2.16. The third-order valence-electron chi connectivity index (χ3n) is 2.18. The number of hydrogen-bond acceptors (Lipinski definition) is 2. The molecule has 3 nitrogen and oxygen atoms in total. The van der Waals surface area contributed by atoms with Gasteiger partial charge in [-0.05, 0) is 18.2 Å². The molecule has 0 spiro atoms. The van der Waals surface area contributed by atoms with Gasteiger partial charge in [-0.3, -0.25) is 4.55 Å². The average Bonchev–Trinajstić information content (AvgIpc) is 2.22. The predicted octanol–water partition coefficient (Wildman–Crippen LogP) is 3.39. The Morgan fingerprint density at radius 3 is 2.25 bits per heavy atom. The minimum atomic E-state index is -4.31. The quantitative estimate of drug-likeness (QED) is 0.813. The van der Waals surface area contributed by atoms with Gasteiger partial charge in [0.25, 0.3) is 10.1 Å². The highest BCUT2D eigenvalue weighted by Crippen LogP contribution is 2.34. The minimum absolute atomic E-state index is 0.229. The third kappa shape index (κ3) is 1.89. The highest BCUT2D eigenvalue weighted by molar-refractivity contribution is 7.86. The van der Waals surface area contributed by atoms with E-state index in [1.54, 1.807) is 12.1 Å². The van der Waals surface area contributed by atoms with E-state index >= 15 is 0 Å². The summed E-state index contributed by atoms with van der Waals surface area (Å²) in [5.41, 5.74) is 0. The molecular formula is C10H6Cl2O3S. The van der Waals surface area contributed by atoms with Crippen LogP contribution >= 0.6 is 23.2 Å². The highest BCUT2D eigenvalue weighted by atomic mass is 35.5. The lowest BCUT2D eigenvalue weighted by molar-refractivity contribution is 0.484. The summed E-state index contributed by atoms with van der Waals surface area (Å²) < 4.78 is 31.4. The summed E-state index contributed by atoms with van der Waals surface area (Å²) in [6.07, 6.45) is 0. The Hall–Kier alpha value is -0.810. The van der Waals surface area contributed by atoms with Crippen LogP contribution in [0.1, 0.15) is 0 Å². The second kappa shape index (κ2) is 3.89. The first kappa shape index (κ1) is 11.7. The van der Waals surface area contributed by atoms with E-state index in [0.29, 0.717) is 10.4 Å². The number of fused-ring (bicyclic) bond motifs is 1. The van der Waals surface area contributed by atoms with E-state index in [4.69, 9.17) is 27.8 Å². The largest absolute Gasteiger partial charge is 0.295 e. The van der Waals surface area contributed by atoms with Crippen LogP contribution in [-0.4, -0.2) is 13.0 Å². The molecule has 0 bridgehead atoms. The number of benzene rings is 2. The van der Waals surface area contributed by atoms with Crippen molar-refractivity contribution in [1.82, 2.24) is 0 Å². The van der Waals surface area contributed by atoms with E-state index in [1.165, 1.54) is 18.2 Å². The molecule has 0 aliphatic carbocycles. The van der Waals surface area contributed by atoms with E-state index in [2.05, 4.69) is 0 Å². The summed E-state index contributed by atoms with van der Waals surface area (Å²) in [4.78, 5) is -0.238. The van der Waals surface area contributed by atoms with Gasteiger partial charge in [0.15, 0.2) is 0 Å². The third-order valence-corrected chi connectivity index (χ3v) is 3.72. The Balaban J connectivity index is 3.04. The van der Waals surface area contributed by atoms with Gasteiger partial charge in [0.2, 0.25) is 0 Å². The Labute approximate surface area is 102 Å². The van der Waals surface area contributed by atoms with E-state index in [9.17, 15) is 8.42 Å². The summed E-state index contributed by atoms with van der Waals surface area (Å²) in [5.74, 6) is 0. The Kier molecular flexibility index (Phi) is 2.84. The molecule has 0 saturated carbocycles. The average molecular weight is 277 g/mol. The lowest BCUT2D eigenvalue weighted by atomic mass is 10.1. The smallest absolute Gasteiger partial charge is 0.282 e. The lowest BCUT2D eigenvalue weighted by Gasteiger charge is -2.06. The molecule has 0 aliphatic heterocycles. The van der Waals surface area contributed by atoms with Crippen LogP contribution in [0.25, 0.3) is 10.8 Å². The fraction of sp³-hybridized carbons (Fsp3) is 0. The zero-order valence-corrected chi connectivity index (χ0v) is 10.1. The lowest BCUT2D eigenvalue weighted by Crippen LogP contribution is -1.99. The monoisotopic (exact) mass is 276 g/mol. The van der Waals surface area contributed by atoms with Gasteiger partial charge < -0.3 is 0 Å². The van der Waals surface area contributed by atoms with Gasteiger partial charge in [0.1, 0.15) is 4.90 Å². The van der Waals surface area contributed by atoms with Gasteiger partial charge in [-0.25, -0.2) is 0 Å². The van der Waals surface area contributed by atoms with Crippen molar-refractivity contribution in [2.45, 2.75) is 4.90 Å². The molecule has 0 aliphatic rings. The fourth-order valence-electron chi connectivity index (χ4n) is 1.51. The molecule has 0 atom stereocenters. The molecule has 0 amide bonds. The number of halogens is 2. The number of rotatable bonds is 1. The molecule has 0 aromatic heterocycles. The van der Waals surface area contributed by atoms with E-state index in [0.717, 1.165) is 0 Å². The topological polar surface area (TPSA) is 54.4 Å². The first-order valence-corrected chi connectivity index (χ1v) is 6.45. The summed E-state index contributed by atoms with van der Waals surface area (Å²) in [5, 5.41) is 1.33.